The zero-order valence-corrected chi connectivity index (χ0v) is 11.6. The van der Waals surface area contributed by atoms with Crippen molar-refractivity contribution in [2.24, 2.45) is 0 Å². The third-order valence-electron chi connectivity index (χ3n) is 2.76. The van der Waals surface area contributed by atoms with Crippen LogP contribution >= 0.6 is 11.6 Å². The van der Waals surface area contributed by atoms with Gasteiger partial charge in [0.1, 0.15) is 0 Å². The van der Waals surface area contributed by atoms with Gasteiger partial charge in [-0.3, -0.25) is 4.79 Å². The van der Waals surface area contributed by atoms with Crippen LogP contribution in [0.3, 0.4) is 0 Å². The van der Waals surface area contributed by atoms with E-state index in [9.17, 15) is 4.79 Å². The Labute approximate surface area is 116 Å². The number of aryl methyl sites for hydroxylation is 1. The van der Waals surface area contributed by atoms with E-state index in [1.165, 1.54) is 11.8 Å². The molecule has 0 aliphatic rings. The number of esters is 1. The molecule has 2 aromatic rings. The molecule has 0 atom stereocenters. The standard InChI is InChI=1S/C14H15ClN2O2/c1-3-10-6-5-7-11(8-10)17-14(15)12(9-16-17)19-13(18)4-2/h5-9H,3-4H2,1-2H3. The highest BCUT2D eigenvalue weighted by Gasteiger charge is 2.14. The Morgan fingerprint density at radius 3 is 2.89 bits per heavy atom. The van der Waals surface area contributed by atoms with Crippen LogP contribution in [0.2, 0.25) is 5.15 Å². The molecule has 1 heterocycles. The summed E-state index contributed by atoms with van der Waals surface area (Å²) in [6, 6.07) is 7.90. The molecule has 4 nitrogen and oxygen atoms in total. The normalized spacial score (nSPS) is 10.5. The molecule has 1 aromatic heterocycles. The summed E-state index contributed by atoms with van der Waals surface area (Å²) in [5, 5.41) is 4.46. The van der Waals surface area contributed by atoms with Gasteiger partial charge < -0.3 is 4.74 Å². The van der Waals surface area contributed by atoms with Crippen LogP contribution in [0.4, 0.5) is 0 Å². The van der Waals surface area contributed by atoms with Crippen LogP contribution in [0.15, 0.2) is 30.5 Å². The van der Waals surface area contributed by atoms with Gasteiger partial charge in [-0.1, -0.05) is 37.6 Å². The lowest BCUT2D eigenvalue weighted by Crippen LogP contribution is -2.05. The average molecular weight is 279 g/mol. The summed E-state index contributed by atoms with van der Waals surface area (Å²) >= 11 is 6.18. The average Bonchev–Trinajstić information content (AvgIpc) is 2.80. The van der Waals surface area contributed by atoms with Crippen molar-refractivity contribution in [3.8, 4) is 11.4 Å². The number of aromatic nitrogens is 2. The van der Waals surface area contributed by atoms with Gasteiger partial charge in [0.15, 0.2) is 10.9 Å². The largest absolute Gasteiger partial charge is 0.421 e. The molecule has 0 radical (unpaired) electrons. The number of carbonyl (C=O) groups excluding carboxylic acids is 1. The molecule has 0 aliphatic heterocycles. The minimum absolute atomic E-state index is 0.287. The van der Waals surface area contributed by atoms with Crippen LogP contribution in [0, 0.1) is 0 Å². The van der Waals surface area contributed by atoms with Gasteiger partial charge in [0.05, 0.1) is 11.9 Å². The summed E-state index contributed by atoms with van der Waals surface area (Å²) in [5.74, 6) is -0.0424. The molecule has 0 fully saturated rings. The third kappa shape index (κ3) is 2.96. The maximum atomic E-state index is 11.3. The van der Waals surface area contributed by atoms with Crippen molar-refractivity contribution in [2.75, 3.05) is 0 Å². The molecule has 100 valence electrons. The van der Waals surface area contributed by atoms with E-state index < -0.39 is 0 Å². The zero-order valence-electron chi connectivity index (χ0n) is 10.9. The number of ether oxygens (including phenoxy) is 1. The van der Waals surface area contributed by atoms with E-state index in [2.05, 4.69) is 12.0 Å². The lowest BCUT2D eigenvalue weighted by Gasteiger charge is -2.05. The molecular weight excluding hydrogens is 264 g/mol. The Morgan fingerprint density at radius 1 is 1.42 bits per heavy atom. The first-order valence-electron chi connectivity index (χ1n) is 6.19. The van der Waals surface area contributed by atoms with Crippen LogP contribution in [-0.2, 0) is 11.2 Å². The predicted molar refractivity (Wildman–Crippen MR) is 73.9 cm³/mol. The van der Waals surface area contributed by atoms with E-state index >= 15 is 0 Å². The molecule has 0 saturated heterocycles. The van der Waals surface area contributed by atoms with Crippen molar-refractivity contribution in [2.45, 2.75) is 26.7 Å². The molecular formula is C14H15ClN2O2. The summed E-state index contributed by atoms with van der Waals surface area (Å²) < 4.78 is 6.65. The molecule has 2 rings (SSSR count). The minimum atomic E-state index is -0.330. The maximum Gasteiger partial charge on any atom is 0.311 e. The van der Waals surface area contributed by atoms with E-state index in [0.717, 1.165) is 12.1 Å². The number of hydrogen-bond donors (Lipinski definition) is 0. The summed E-state index contributed by atoms with van der Waals surface area (Å²) in [6.45, 7) is 3.81. The Bertz CT molecular complexity index is 593. The highest BCUT2D eigenvalue weighted by Crippen LogP contribution is 2.27. The lowest BCUT2D eigenvalue weighted by atomic mass is 10.1. The Balaban J connectivity index is 2.33. The summed E-state index contributed by atoms with van der Waals surface area (Å²) in [7, 11) is 0. The Morgan fingerprint density at radius 2 is 2.21 bits per heavy atom. The Hall–Kier alpha value is -1.81. The van der Waals surface area contributed by atoms with Crippen LogP contribution in [-0.4, -0.2) is 15.7 Å². The summed E-state index contributed by atoms with van der Waals surface area (Å²) in [4.78, 5) is 11.3. The number of halogens is 1. The van der Waals surface area contributed by atoms with Gasteiger partial charge in [-0.2, -0.15) is 5.10 Å². The SMILES string of the molecule is CCC(=O)Oc1cnn(-c2cccc(CC)c2)c1Cl. The quantitative estimate of drug-likeness (QED) is 0.805. The van der Waals surface area contributed by atoms with Gasteiger partial charge in [-0.05, 0) is 24.1 Å². The molecule has 0 unspecified atom stereocenters. The molecule has 0 bridgehead atoms. The van der Waals surface area contributed by atoms with Gasteiger partial charge in [0.2, 0.25) is 0 Å². The molecule has 0 amide bonds. The summed E-state index contributed by atoms with van der Waals surface area (Å²) in [6.07, 6.45) is 2.69. The summed E-state index contributed by atoms with van der Waals surface area (Å²) in [5.41, 5.74) is 2.04. The molecule has 0 aliphatic carbocycles. The van der Waals surface area contributed by atoms with Crippen LogP contribution in [0.1, 0.15) is 25.8 Å². The highest BCUT2D eigenvalue weighted by atomic mass is 35.5. The van der Waals surface area contributed by atoms with Gasteiger partial charge in [0, 0.05) is 6.42 Å². The van der Waals surface area contributed by atoms with E-state index in [0.29, 0.717) is 11.6 Å². The van der Waals surface area contributed by atoms with E-state index in [-0.39, 0.29) is 11.7 Å². The van der Waals surface area contributed by atoms with Gasteiger partial charge >= 0.3 is 5.97 Å². The number of carbonyl (C=O) groups is 1. The second-order valence-electron chi connectivity index (χ2n) is 4.06. The molecule has 5 heteroatoms. The first-order valence-corrected chi connectivity index (χ1v) is 6.57. The van der Waals surface area contributed by atoms with Crippen molar-refractivity contribution < 1.29 is 9.53 Å². The number of nitrogens with zero attached hydrogens (tertiary/aromatic N) is 2. The van der Waals surface area contributed by atoms with Gasteiger partial charge in [-0.25, -0.2) is 4.68 Å². The monoisotopic (exact) mass is 278 g/mol. The van der Waals surface area contributed by atoms with Crippen LogP contribution in [0.25, 0.3) is 5.69 Å². The second-order valence-corrected chi connectivity index (χ2v) is 4.42. The molecule has 0 saturated carbocycles. The van der Waals surface area contributed by atoms with Crippen molar-refractivity contribution in [1.29, 1.82) is 0 Å². The van der Waals surface area contributed by atoms with Gasteiger partial charge in [0.25, 0.3) is 0 Å². The molecule has 1 aromatic carbocycles. The number of benzene rings is 1. The third-order valence-corrected chi connectivity index (χ3v) is 3.10. The molecule has 0 N–H and O–H groups in total. The first kappa shape index (κ1) is 13.6. The fraction of sp³-hybridized carbons (Fsp3) is 0.286. The van der Waals surface area contributed by atoms with Crippen LogP contribution in [0.5, 0.6) is 5.75 Å². The highest BCUT2D eigenvalue weighted by molar-refractivity contribution is 6.31. The Kier molecular flexibility index (Phi) is 4.22. The first-order chi connectivity index (χ1) is 9.15. The van der Waals surface area contributed by atoms with E-state index in [1.54, 1.807) is 11.6 Å². The van der Waals surface area contributed by atoms with Crippen LogP contribution < -0.4 is 4.74 Å². The smallest absolute Gasteiger partial charge is 0.311 e. The second kappa shape index (κ2) is 5.89. The van der Waals surface area contributed by atoms with Crippen molar-refractivity contribution in [1.82, 2.24) is 9.78 Å². The zero-order chi connectivity index (χ0) is 13.8. The molecule has 19 heavy (non-hydrogen) atoms. The predicted octanol–water partition coefficient (Wildman–Crippen LogP) is 3.40. The fourth-order valence-corrected chi connectivity index (χ4v) is 1.90. The molecule has 0 spiro atoms. The topological polar surface area (TPSA) is 44.1 Å². The fourth-order valence-electron chi connectivity index (χ4n) is 1.67. The van der Waals surface area contributed by atoms with Crippen molar-refractivity contribution in [3.05, 3.63) is 41.2 Å². The van der Waals surface area contributed by atoms with Crippen molar-refractivity contribution in [3.63, 3.8) is 0 Å². The minimum Gasteiger partial charge on any atom is -0.421 e. The van der Waals surface area contributed by atoms with E-state index in [4.69, 9.17) is 16.3 Å². The van der Waals surface area contributed by atoms with Crippen molar-refractivity contribution >= 4 is 17.6 Å². The van der Waals surface area contributed by atoms with E-state index in [1.807, 2.05) is 24.3 Å². The number of hydrogen-bond acceptors (Lipinski definition) is 3. The maximum absolute atomic E-state index is 11.3. The lowest BCUT2D eigenvalue weighted by molar-refractivity contribution is -0.134. The van der Waals surface area contributed by atoms with Gasteiger partial charge in [-0.15, -0.1) is 0 Å². The number of rotatable bonds is 4.